The first-order valence-electron chi connectivity index (χ1n) is 9.54. The van der Waals surface area contributed by atoms with Gasteiger partial charge in [0.1, 0.15) is 0 Å². The van der Waals surface area contributed by atoms with Crippen molar-refractivity contribution in [2.45, 2.75) is 45.3 Å². The summed E-state index contributed by atoms with van der Waals surface area (Å²) in [5.74, 6) is -1.65. The van der Waals surface area contributed by atoms with Gasteiger partial charge >= 0.3 is 12.1 Å². The zero-order valence-corrected chi connectivity index (χ0v) is 16.0. The molecule has 5 nitrogen and oxygen atoms in total. The molecular weight excluding hydrogens is 373 g/mol. The average Bonchev–Trinajstić information content (AvgIpc) is 2.65. The van der Waals surface area contributed by atoms with Crippen LogP contribution in [0.3, 0.4) is 0 Å². The lowest BCUT2D eigenvalue weighted by molar-refractivity contribution is -0.192. The zero-order valence-electron chi connectivity index (χ0n) is 16.0. The number of benzene rings is 1. The number of amides is 1. The minimum atomic E-state index is -5.08. The number of hydrogen-bond acceptors (Lipinski definition) is 3. The monoisotopic (exact) mass is 400 g/mol. The van der Waals surface area contributed by atoms with Gasteiger partial charge in [-0.1, -0.05) is 31.2 Å². The molecule has 2 aliphatic rings. The Labute approximate surface area is 163 Å². The van der Waals surface area contributed by atoms with E-state index in [0.29, 0.717) is 12.3 Å². The molecule has 0 saturated carbocycles. The standard InChI is InChI=1S/C18H26N2O.C2HF3O2/c1-15-5-4-10-19(13-15)11-9-18(21)20-12-8-16-6-2-3-7-17(16)14-20;3-2(4,5)1(6)7/h2-3,6-7,15H,4-5,8-14H2,1H3;(H,6,7). The number of alkyl halides is 3. The maximum absolute atomic E-state index is 12.4. The molecule has 156 valence electrons. The highest BCUT2D eigenvalue weighted by molar-refractivity contribution is 5.76. The van der Waals surface area contributed by atoms with Gasteiger partial charge in [-0.25, -0.2) is 4.79 Å². The minimum Gasteiger partial charge on any atom is -0.475 e. The van der Waals surface area contributed by atoms with Crippen molar-refractivity contribution in [3.8, 4) is 0 Å². The second kappa shape index (κ2) is 9.91. The van der Waals surface area contributed by atoms with Crippen molar-refractivity contribution in [2.75, 3.05) is 26.2 Å². The van der Waals surface area contributed by atoms with Crippen molar-refractivity contribution in [3.63, 3.8) is 0 Å². The van der Waals surface area contributed by atoms with Gasteiger partial charge in [-0.15, -0.1) is 0 Å². The fourth-order valence-corrected chi connectivity index (χ4v) is 3.61. The van der Waals surface area contributed by atoms with Crippen LogP contribution in [0, 0.1) is 5.92 Å². The normalized spacial score (nSPS) is 20.0. The summed E-state index contributed by atoms with van der Waals surface area (Å²) in [7, 11) is 0. The molecule has 0 aromatic heterocycles. The van der Waals surface area contributed by atoms with E-state index >= 15 is 0 Å². The summed E-state index contributed by atoms with van der Waals surface area (Å²) in [4.78, 5) is 25.8. The van der Waals surface area contributed by atoms with Gasteiger partial charge < -0.3 is 14.9 Å². The Morgan fingerprint density at radius 1 is 1.18 bits per heavy atom. The number of halogens is 3. The fraction of sp³-hybridized carbons (Fsp3) is 0.600. The van der Waals surface area contributed by atoms with Crippen molar-refractivity contribution < 1.29 is 27.9 Å². The Hall–Kier alpha value is -2.09. The molecule has 2 heterocycles. The van der Waals surface area contributed by atoms with Gasteiger partial charge in [0.05, 0.1) is 0 Å². The molecule has 1 saturated heterocycles. The first-order chi connectivity index (χ1) is 13.2. The lowest BCUT2D eigenvalue weighted by atomic mass is 9.99. The third-order valence-electron chi connectivity index (χ3n) is 5.11. The number of carbonyl (C=O) groups is 2. The summed E-state index contributed by atoms with van der Waals surface area (Å²) in [5.41, 5.74) is 2.73. The van der Waals surface area contributed by atoms with E-state index in [0.717, 1.165) is 38.5 Å². The first-order valence-corrected chi connectivity index (χ1v) is 9.54. The highest BCUT2D eigenvalue weighted by atomic mass is 19.4. The predicted molar refractivity (Wildman–Crippen MR) is 98.7 cm³/mol. The van der Waals surface area contributed by atoms with Gasteiger partial charge in [0.15, 0.2) is 0 Å². The molecule has 1 N–H and O–H groups in total. The molecule has 3 rings (SSSR count). The number of fused-ring (bicyclic) bond motifs is 1. The van der Waals surface area contributed by atoms with E-state index in [4.69, 9.17) is 9.90 Å². The van der Waals surface area contributed by atoms with Crippen molar-refractivity contribution >= 4 is 11.9 Å². The number of piperidine rings is 1. The molecule has 0 spiro atoms. The molecule has 1 atom stereocenters. The van der Waals surface area contributed by atoms with Crippen molar-refractivity contribution in [3.05, 3.63) is 35.4 Å². The lowest BCUT2D eigenvalue weighted by Gasteiger charge is -2.32. The summed E-state index contributed by atoms with van der Waals surface area (Å²) in [6.45, 7) is 7.26. The first kappa shape index (κ1) is 22.2. The predicted octanol–water partition coefficient (Wildman–Crippen LogP) is 3.33. The van der Waals surface area contributed by atoms with Gasteiger partial charge in [0, 0.05) is 32.6 Å². The van der Waals surface area contributed by atoms with Crippen LogP contribution in [-0.4, -0.2) is 59.1 Å². The number of likely N-dealkylation sites (tertiary alicyclic amines) is 1. The van der Waals surface area contributed by atoms with Gasteiger partial charge in [-0.2, -0.15) is 13.2 Å². The highest BCUT2D eigenvalue weighted by Gasteiger charge is 2.38. The van der Waals surface area contributed by atoms with Crippen LogP contribution < -0.4 is 0 Å². The van der Waals surface area contributed by atoms with Crippen molar-refractivity contribution in [1.29, 1.82) is 0 Å². The van der Waals surface area contributed by atoms with Crippen LogP contribution in [0.1, 0.15) is 37.3 Å². The number of aliphatic carboxylic acids is 1. The van der Waals surface area contributed by atoms with Gasteiger partial charge in [-0.3, -0.25) is 4.79 Å². The Morgan fingerprint density at radius 3 is 2.43 bits per heavy atom. The second-order valence-electron chi connectivity index (χ2n) is 7.43. The third kappa shape index (κ3) is 6.82. The summed E-state index contributed by atoms with van der Waals surface area (Å²) in [5, 5.41) is 7.12. The molecule has 1 unspecified atom stereocenters. The molecule has 0 bridgehead atoms. The molecule has 2 aliphatic heterocycles. The average molecular weight is 400 g/mol. The molecule has 0 radical (unpaired) electrons. The molecule has 1 fully saturated rings. The van der Waals surface area contributed by atoms with Crippen molar-refractivity contribution in [2.24, 2.45) is 5.92 Å². The molecule has 0 aliphatic carbocycles. The third-order valence-corrected chi connectivity index (χ3v) is 5.11. The SMILES string of the molecule is CC1CCCN(CCC(=O)N2CCc3ccccc3C2)C1.O=C(O)C(F)(F)F. The number of carbonyl (C=O) groups excluding carboxylic acids is 1. The number of carboxylic acid groups (broad SMARTS) is 1. The highest BCUT2D eigenvalue weighted by Crippen LogP contribution is 2.20. The largest absolute Gasteiger partial charge is 0.490 e. The van der Waals surface area contributed by atoms with Gasteiger partial charge in [-0.05, 0) is 42.9 Å². The second-order valence-corrected chi connectivity index (χ2v) is 7.43. The van der Waals surface area contributed by atoms with Gasteiger partial charge in [0.2, 0.25) is 5.91 Å². The molecule has 1 aromatic carbocycles. The van der Waals surface area contributed by atoms with Crippen molar-refractivity contribution in [1.82, 2.24) is 9.80 Å². The summed E-state index contributed by atoms with van der Waals surface area (Å²) >= 11 is 0. The molecule has 1 aromatic rings. The lowest BCUT2D eigenvalue weighted by Crippen LogP contribution is -2.40. The topological polar surface area (TPSA) is 60.9 Å². The molecule has 28 heavy (non-hydrogen) atoms. The molecule has 1 amide bonds. The van der Waals surface area contributed by atoms with Crippen LogP contribution in [0.5, 0.6) is 0 Å². The van der Waals surface area contributed by atoms with E-state index in [2.05, 4.69) is 36.1 Å². The van der Waals surface area contributed by atoms with E-state index in [1.807, 2.05) is 4.90 Å². The Kier molecular flexibility index (Phi) is 7.86. The number of rotatable bonds is 3. The minimum absolute atomic E-state index is 0.322. The fourth-order valence-electron chi connectivity index (χ4n) is 3.61. The molecule has 8 heteroatoms. The number of nitrogens with zero attached hydrogens (tertiary/aromatic N) is 2. The summed E-state index contributed by atoms with van der Waals surface area (Å²) in [6.07, 6.45) is -0.780. The maximum atomic E-state index is 12.4. The maximum Gasteiger partial charge on any atom is 0.490 e. The van der Waals surface area contributed by atoms with Crippen LogP contribution in [0.25, 0.3) is 0 Å². The van der Waals surface area contributed by atoms with Gasteiger partial charge in [0.25, 0.3) is 0 Å². The zero-order chi connectivity index (χ0) is 20.7. The molecular formula is C20H27F3N2O3. The van der Waals surface area contributed by atoms with Crippen LogP contribution in [0.15, 0.2) is 24.3 Å². The smallest absolute Gasteiger partial charge is 0.475 e. The van der Waals surface area contributed by atoms with Crippen LogP contribution in [0.4, 0.5) is 13.2 Å². The van der Waals surface area contributed by atoms with E-state index in [9.17, 15) is 18.0 Å². The number of carboxylic acids is 1. The Balaban J connectivity index is 0.000000345. The Morgan fingerprint density at radius 2 is 1.82 bits per heavy atom. The van der Waals surface area contributed by atoms with E-state index < -0.39 is 12.1 Å². The van der Waals surface area contributed by atoms with Crippen LogP contribution in [0.2, 0.25) is 0 Å². The summed E-state index contributed by atoms with van der Waals surface area (Å²) < 4.78 is 31.7. The van der Waals surface area contributed by atoms with E-state index in [1.54, 1.807) is 0 Å². The Bertz CT molecular complexity index is 679. The quantitative estimate of drug-likeness (QED) is 0.846. The van der Waals surface area contributed by atoms with E-state index in [-0.39, 0.29) is 0 Å². The van der Waals surface area contributed by atoms with Crippen LogP contribution >= 0.6 is 0 Å². The number of hydrogen-bond donors (Lipinski definition) is 1. The van der Waals surface area contributed by atoms with E-state index in [1.165, 1.54) is 30.5 Å². The summed E-state index contributed by atoms with van der Waals surface area (Å²) in [6, 6.07) is 8.50. The van der Waals surface area contributed by atoms with Crippen LogP contribution in [-0.2, 0) is 22.6 Å².